The van der Waals surface area contributed by atoms with E-state index in [-0.39, 0.29) is 28.1 Å². The molecule has 142 valence electrons. The van der Waals surface area contributed by atoms with Gasteiger partial charge in [-0.15, -0.1) is 0 Å². The smallest absolute Gasteiger partial charge is 0.291 e. The Hall–Kier alpha value is -3.19. The van der Waals surface area contributed by atoms with E-state index in [1.54, 1.807) is 13.1 Å². The Morgan fingerprint density at radius 1 is 1.18 bits per heavy atom. The first-order chi connectivity index (χ1) is 13.5. The number of fused-ring (bicyclic) bond motifs is 1. The summed E-state index contributed by atoms with van der Waals surface area (Å²) in [4.78, 5) is 17.1. The highest BCUT2D eigenvalue weighted by molar-refractivity contribution is 6.33. The minimum Gasteiger partial charge on any atom is -0.370 e. The second kappa shape index (κ2) is 7.09. The average Bonchev–Trinajstić information content (AvgIpc) is 3.07. The van der Waals surface area contributed by atoms with Crippen molar-refractivity contribution in [1.82, 2.24) is 19.3 Å². The first kappa shape index (κ1) is 18.2. The zero-order valence-corrected chi connectivity index (χ0v) is 16.0. The van der Waals surface area contributed by atoms with Crippen LogP contribution in [0, 0.1) is 5.82 Å². The van der Waals surface area contributed by atoms with Gasteiger partial charge in [0.15, 0.2) is 0 Å². The molecule has 0 saturated carbocycles. The van der Waals surface area contributed by atoms with Crippen LogP contribution in [0.4, 0.5) is 10.1 Å². The van der Waals surface area contributed by atoms with Crippen LogP contribution in [0.1, 0.15) is 18.8 Å². The van der Waals surface area contributed by atoms with Crippen molar-refractivity contribution in [3.05, 3.63) is 81.7 Å². The van der Waals surface area contributed by atoms with Crippen molar-refractivity contribution < 1.29 is 4.39 Å². The quantitative estimate of drug-likeness (QED) is 0.563. The molecule has 0 radical (unpaired) electrons. The zero-order valence-electron chi connectivity index (χ0n) is 15.2. The second-order valence-electron chi connectivity index (χ2n) is 6.44. The predicted octanol–water partition coefficient (Wildman–Crippen LogP) is 4.08. The van der Waals surface area contributed by atoms with Gasteiger partial charge in [-0.1, -0.05) is 29.8 Å². The normalized spacial score (nSPS) is 12.3. The van der Waals surface area contributed by atoms with Crippen LogP contribution in [-0.4, -0.2) is 19.3 Å². The molecule has 1 atom stereocenters. The van der Waals surface area contributed by atoms with Crippen molar-refractivity contribution in [3.63, 3.8) is 0 Å². The molecule has 2 heterocycles. The molecule has 0 aliphatic rings. The molecule has 4 aromatic rings. The van der Waals surface area contributed by atoms with E-state index >= 15 is 0 Å². The first-order valence-electron chi connectivity index (χ1n) is 8.67. The Bertz CT molecular complexity index is 1220. The average molecular weight is 398 g/mol. The molecule has 0 amide bonds. The Morgan fingerprint density at radius 2 is 1.93 bits per heavy atom. The van der Waals surface area contributed by atoms with Gasteiger partial charge < -0.3 is 5.32 Å². The molecule has 0 aliphatic heterocycles. The lowest BCUT2D eigenvalue weighted by Gasteiger charge is -2.18. The van der Waals surface area contributed by atoms with Gasteiger partial charge in [-0.3, -0.25) is 9.36 Å². The standard InChI is InChI=1S/C20H17ClFN5O/c1-12(24-18-15(21)11-23-26(2)20(18)28)19-25-16-9-8-13(22)10-17(16)27(19)14-6-4-3-5-7-14/h3-12,24H,1-2H3/t12-/m0/s1. The Kier molecular flexibility index (Phi) is 4.60. The predicted molar refractivity (Wildman–Crippen MR) is 108 cm³/mol. The third kappa shape index (κ3) is 3.14. The highest BCUT2D eigenvalue weighted by Crippen LogP contribution is 2.28. The summed E-state index contributed by atoms with van der Waals surface area (Å²) >= 11 is 6.17. The summed E-state index contributed by atoms with van der Waals surface area (Å²) in [5, 5.41) is 7.26. The van der Waals surface area contributed by atoms with Gasteiger partial charge in [0, 0.05) is 18.8 Å². The SMILES string of the molecule is C[C@H](Nc1c(Cl)cnn(C)c1=O)c1nc2ccc(F)cc2n1-c1ccccc1. The van der Waals surface area contributed by atoms with E-state index in [0.717, 1.165) is 5.69 Å². The van der Waals surface area contributed by atoms with Gasteiger partial charge in [0.2, 0.25) is 0 Å². The number of aryl methyl sites for hydroxylation is 1. The fraction of sp³-hybridized carbons (Fsp3) is 0.150. The van der Waals surface area contributed by atoms with Crippen LogP contribution < -0.4 is 10.9 Å². The number of hydrogen-bond donors (Lipinski definition) is 1. The maximum absolute atomic E-state index is 13.9. The molecule has 0 saturated heterocycles. The molecule has 2 aromatic heterocycles. The van der Waals surface area contributed by atoms with E-state index in [2.05, 4.69) is 15.4 Å². The van der Waals surface area contributed by atoms with Crippen molar-refractivity contribution in [2.75, 3.05) is 5.32 Å². The van der Waals surface area contributed by atoms with Crippen LogP contribution in [0.2, 0.25) is 5.02 Å². The van der Waals surface area contributed by atoms with Gasteiger partial charge in [-0.25, -0.2) is 14.1 Å². The van der Waals surface area contributed by atoms with Crippen LogP contribution in [0.15, 0.2) is 59.5 Å². The number of imidazole rings is 1. The van der Waals surface area contributed by atoms with Gasteiger partial charge in [-0.2, -0.15) is 5.10 Å². The lowest BCUT2D eigenvalue weighted by molar-refractivity contribution is 0.629. The molecule has 28 heavy (non-hydrogen) atoms. The zero-order chi connectivity index (χ0) is 19.8. The number of aromatic nitrogens is 4. The molecule has 0 spiro atoms. The maximum Gasteiger partial charge on any atom is 0.291 e. The molecule has 0 aliphatic carbocycles. The summed E-state index contributed by atoms with van der Waals surface area (Å²) in [6, 6.07) is 13.6. The summed E-state index contributed by atoms with van der Waals surface area (Å²) in [5.41, 5.74) is 2.04. The Labute approximate surface area is 165 Å². The van der Waals surface area contributed by atoms with Crippen molar-refractivity contribution >= 4 is 28.3 Å². The fourth-order valence-electron chi connectivity index (χ4n) is 3.14. The van der Waals surface area contributed by atoms with Crippen LogP contribution in [0.25, 0.3) is 16.7 Å². The van der Waals surface area contributed by atoms with Crippen LogP contribution in [0.5, 0.6) is 0 Å². The molecule has 0 bridgehead atoms. The number of nitrogens with zero attached hydrogens (tertiary/aromatic N) is 4. The highest BCUT2D eigenvalue weighted by Gasteiger charge is 2.20. The van der Waals surface area contributed by atoms with E-state index in [1.165, 1.54) is 23.0 Å². The number of nitrogens with one attached hydrogen (secondary N) is 1. The van der Waals surface area contributed by atoms with E-state index in [1.807, 2.05) is 41.8 Å². The molecular formula is C20H17ClFN5O. The number of anilines is 1. The maximum atomic E-state index is 13.9. The Morgan fingerprint density at radius 3 is 2.68 bits per heavy atom. The first-order valence-corrected chi connectivity index (χ1v) is 9.05. The number of para-hydroxylation sites is 1. The molecule has 4 rings (SSSR count). The minimum absolute atomic E-state index is 0.225. The molecule has 2 aromatic carbocycles. The van der Waals surface area contributed by atoms with Gasteiger partial charge in [0.05, 0.1) is 28.3 Å². The summed E-state index contributed by atoms with van der Waals surface area (Å²) in [6.45, 7) is 1.87. The van der Waals surface area contributed by atoms with Gasteiger partial charge in [0.25, 0.3) is 5.56 Å². The van der Waals surface area contributed by atoms with Crippen LogP contribution >= 0.6 is 11.6 Å². The van der Waals surface area contributed by atoms with Crippen LogP contribution in [-0.2, 0) is 7.05 Å². The monoisotopic (exact) mass is 397 g/mol. The highest BCUT2D eigenvalue weighted by atomic mass is 35.5. The van der Waals surface area contributed by atoms with Gasteiger partial charge in [-0.05, 0) is 31.2 Å². The third-order valence-electron chi connectivity index (χ3n) is 4.50. The van der Waals surface area contributed by atoms with Crippen molar-refractivity contribution in [1.29, 1.82) is 0 Å². The largest absolute Gasteiger partial charge is 0.370 e. The van der Waals surface area contributed by atoms with Crippen LogP contribution in [0.3, 0.4) is 0 Å². The number of rotatable bonds is 4. The van der Waals surface area contributed by atoms with Gasteiger partial charge in [0.1, 0.15) is 17.3 Å². The Balaban J connectivity index is 1.87. The van der Waals surface area contributed by atoms with Crippen molar-refractivity contribution in [2.45, 2.75) is 13.0 Å². The third-order valence-corrected chi connectivity index (χ3v) is 4.78. The molecule has 6 nitrogen and oxygen atoms in total. The lowest BCUT2D eigenvalue weighted by atomic mass is 10.2. The van der Waals surface area contributed by atoms with Crippen molar-refractivity contribution in [3.8, 4) is 5.69 Å². The summed E-state index contributed by atoms with van der Waals surface area (Å²) in [5.74, 6) is 0.282. The molecule has 0 unspecified atom stereocenters. The van der Waals surface area contributed by atoms with E-state index in [0.29, 0.717) is 16.9 Å². The minimum atomic E-state index is -0.386. The van der Waals surface area contributed by atoms with E-state index in [4.69, 9.17) is 11.6 Å². The summed E-state index contributed by atoms with van der Waals surface area (Å²) in [6.07, 6.45) is 1.41. The molecule has 0 fully saturated rings. The lowest BCUT2D eigenvalue weighted by Crippen LogP contribution is -2.25. The molecular weight excluding hydrogens is 381 g/mol. The number of halogens is 2. The van der Waals surface area contributed by atoms with E-state index < -0.39 is 0 Å². The summed E-state index contributed by atoms with van der Waals surface area (Å²) < 4.78 is 17.0. The second-order valence-corrected chi connectivity index (χ2v) is 6.84. The topological polar surface area (TPSA) is 64.7 Å². The van der Waals surface area contributed by atoms with Gasteiger partial charge >= 0.3 is 0 Å². The number of benzene rings is 2. The fourth-order valence-corrected chi connectivity index (χ4v) is 3.31. The molecule has 1 N–H and O–H groups in total. The summed E-state index contributed by atoms with van der Waals surface area (Å²) in [7, 11) is 1.55. The number of hydrogen-bond acceptors (Lipinski definition) is 4. The molecule has 8 heteroatoms. The van der Waals surface area contributed by atoms with Crippen molar-refractivity contribution in [2.24, 2.45) is 7.05 Å². The van der Waals surface area contributed by atoms with E-state index in [9.17, 15) is 9.18 Å².